The van der Waals surface area contributed by atoms with Gasteiger partial charge < -0.3 is 15.4 Å². The van der Waals surface area contributed by atoms with Crippen molar-refractivity contribution in [3.8, 4) is 5.75 Å². The monoisotopic (exact) mass is 545 g/mol. The SMILES string of the molecule is CCC(CS(=O)(=O)c1ccccc1)NC(=NC)NC(C)c1cc(C)ccc1OC.I. The quantitative estimate of drug-likeness (QED) is 0.297. The Hall–Kier alpha value is -1.81. The summed E-state index contributed by atoms with van der Waals surface area (Å²) in [6.07, 6.45) is 0.648. The summed E-state index contributed by atoms with van der Waals surface area (Å²) in [5.41, 5.74) is 2.15. The van der Waals surface area contributed by atoms with E-state index in [9.17, 15) is 8.42 Å². The van der Waals surface area contributed by atoms with Gasteiger partial charge in [-0.2, -0.15) is 0 Å². The number of hydrogen-bond acceptors (Lipinski definition) is 4. The molecule has 30 heavy (non-hydrogen) atoms. The van der Waals surface area contributed by atoms with Gasteiger partial charge in [-0.15, -0.1) is 24.0 Å². The molecule has 0 saturated heterocycles. The number of benzene rings is 2. The Labute approximate surface area is 197 Å². The van der Waals surface area contributed by atoms with Gasteiger partial charge in [-0.1, -0.05) is 42.8 Å². The van der Waals surface area contributed by atoms with Crippen LogP contribution in [-0.4, -0.2) is 40.3 Å². The fourth-order valence-electron chi connectivity index (χ4n) is 3.09. The van der Waals surface area contributed by atoms with E-state index in [-0.39, 0.29) is 41.8 Å². The molecule has 2 atom stereocenters. The molecule has 6 nitrogen and oxygen atoms in total. The van der Waals surface area contributed by atoms with Crippen LogP contribution in [0.5, 0.6) is 5.75 Å². The molecule has 2 N–H and O–H groups in total. The van der Waals surface area contributed by atoms with E-state index in [2.05, 4.69) is 21.7 Å². The third kappa shape index (κ3) is 7.16. The fourth-order valence-corrected chi connectivity index (χ4v) is 4.70. The number of sulfone groups is 1. The van der Waals surface area contributed by atoms with Crippen LogP contribution in [0.25, 0.3) is 0 Å². The summed E-state index contributed by atoms with van der Waals surface area (Å²) in [5, 5.41) is 6.59. The Balaban J connectivity index is 0.00000450. The molecule has 2 aromatic carbocycles. The number of rotatable bonds is 8. The summed E-state index contributed by atoms with van der Waals surface area (Å²) in [6.45, 7) is 6.01. The Morgan fingerprint density at radius 2 is 1.80 bits per heavy atom. The second-order valence-corrected chi connectivity index (χ2v) is 9.06. The number of nitrogens with zero attached hydrogens (tertiary/aromatic N) is 1. The van der Waals surface area contributed by atoms with E-state index in [0.717, 1.165) is 16.9 Å². The number of halogens is 1. The summed E-state index contributed by atoms with van der Waals surface area (Å²) in [7, 11) is -0.0648. The molecule has 2 aromatic rings. The highest BCUT2D eigenvalue weighted by Crippen LogP contribution is 2.26. The van der Waals surface area contributed by atoms with Gasteiger partial charge in [-0.05, 0) is 38.5 Å². The number of guanidine groups is 1. The van der Waals surface area contributed by atoms with Gasteiger partial charge in [0.2, 0.25) is 0 Å². The van der Waals surface area contributed by atoms with Crippen molar-refractivity contribution in [2.45, 2.75) is 44.2 Å². The third-order valence-electron chi connectivity index (χ3n) is 4.79. The maximum atomic E-state index is 12.7. The second kappa shape index (κ2) is 12.1. The van der Waals surface area contributed by atoms with Crippen molar-refractivity contribution in [1.82, 2.24) is 10.6 Å². The zero-order valence-electron chi connectivity index (χ0n) is 18.2. The van der Waals surface area contributed by atoms with E-state index in [1.807, 2.05) is 32.9 Å². The smallest absolute Gasteiger partial charge is 0.191 e. The summed E-state index contributed by atoms with van der Waals surface area (Å²) >= 11 is 0. The summed E-state index contributed by atoms with van der Waals surface area (Å²) in [5.74, 6) is 1.34. The van der Waals surface area contributed by atoms with Gasteiger partial charge in [-0.25, -0.2) is 8.42 Å². The van der Waals surface area contributed by atoms with Gasteiger partial charge in [0.05, 0.1) is 23.8 Å². The molecule has 0 aliphatic rings. The first-order valence-corrected chi connectivity index (χ1v) is 11.4. The lowest BCUT2D eigenvalue weighted by molar-refractivity contribution is 0.405. The normalized spacial score (nSPS) is 13.7. The molecule has 2 rings (SSSR count). The Bertz CT molecular complexity index is 934. The molecule has 0 amide bonds. The van der Waals surface area contributed by atoms with Crippen molar-refractivity contribution in [2.24, 2.45) is 4.99 Å². The minimum atomic E-state index is -3.39. The molecular weight excluding hydrogens is 513 g/mol. The fraction of sp³-hybridized carbons (Fsp3) is 0.409. The molecular formula is C22H32IN3O3S. The van der Waals surface area contributed by atoms with Crippen molar-refractivity contribution in [1.29, 1.82) is 0 Å². The highest BCUT2D eigenvalue weighted by molar-refractivity contribution is 14.0. The van der Waals surface area contributed by atoms with Crippen LogP contribution in [0, 0.1) is 6.92 Å². The second-order valence-electron chi connectivity index (χ2n) is 7.03. The molecule has 0 aromatic heterocycles. The highest BCUT2D eigenvalue weighted by atomic mass is 127. The number of aryl methyl sites for hydroxylation is 1. The predicted octanol–water partition coefficient (Wildman–Crippen LogP) is 4.10. The summed E-state index contributed by atoms with van der Waals surface area (Å²) < 4.78 is 30.9. The standard InChI is InChI=1S/C22H31N3O3S.HI/c1-6-18(15-29(26,27)19-10-8-7-9-11-19)25-22(23-4)24-17(3)20-14-16(2)12-13-21(20)28-5;/h7-14,17-18H,6,15H2,1-5H3,(H2,23,24,25);1H. The first kappa shape index (κ1) is 26.2. The van der Waals surface area contributed by atoms with Crippen molar-refractivity contribution < 1.29 is 13.2 Å². The first-order chi connectivity index (χ1) is 13.8. The molecule has 0 radical (unpaired) electrons. The van der Waals surface area contributed by atoms with Gasteiger partial charge in [0.25, 0.3) is 0 Å². The van der Waals surface area contributed by atoms with Crippen LogP contribution >= 0.6 is 24.0 Å². The summed E-state index contributed by atoms with van der Waals surface area (Å²) in [4.78, 5) is 4.62. The maximum absolute atomic E-state index is 12.7. The Morgan fingerprint density at radius 1 is 1.13 bits per heavy atom. The van der Waals surface area contributed by atoms with Gasteiger partial charge in [0.1, 0.15) is 5.75 Å². The summed E-state index contributed by atoms with van der Waals surface area (Å²) in [6, 6.07) is 14.2. The molecule has 8 heteroatoms. The molecule has 0 spiro atoms. The van der Waals surface area contributed by atoms with Crippen LogP contribution in [0.3, 0.4) is 0 Å². The highest BCUT2D eigenvalue weighted by Gasteiger charge is 2.22. The van der Waals surface area contributed by atoms with E-state index < -0.39 is 9.84 Å². The average molecular weight is 545 g/mol. The topological polar surface area (TPSA) is 79.8 Å². The Morgan fingerprint density at radius 3 is 2.37 bits per heavy atom. The van der Waals surface area contributed by atoms with Crippen molar-refractivity contribution in [2.75, 3.05) is 19.9 Å². The zero-order chi connectivity index (χ0) is 21.4. The predicted molar refractivity (Wildman–Crippen MR) is 134 cm³/mol. The van der Waals surface area contributed by atoms with Crippen LogP contribution in [0.2, 0.25) is 0 Å². The van der Waals surface area contributed by atoms with E-state index in [1.165, 1.54) is 0 Å². The lowest BCUT2D eigenvalue weighted by Crippen LogP contribution is -2.46. The number of aliphatic imine (C=N–C) groups is 1. The minimum Gasteiger partial charge on any atom is -0.496 e. The largest absolute Gasteiger partial charge is 0.496 e. The molecule has 0 aliphatic carbocycles. The first-order valence-electron chi connectivity index (χ1n) is 9.73. The molecule has 0 fully saturated rings. The Kier molecular flexibility index (Phi) is 10.6. The van der Waals surface area contributed by atoms with Gasteiger partial charge in [0, 0.05) is 18.7 Å². The van der Waals surface area contributed by atoms with Crippen LogP contribution in [0.4, 0.5) is 0 Å². The molecule has 0 heterocycles. The molecule has 0 bridgehead atoms. The van der Waals surface area contributed by atoms with Crippen molar-refractivity contribution in [3.63, 3.8) is 0 Å². The molecule has 0 saturated carbocycles. The number of methoxy groups -OCH3 is 1. The average Bonchev–Trinajstić information content (AvgIpc) is 2.72. The number of nitrogens with one attached hydrogen (secondary N) is 2. The minimum absolute atomic E-state index is 0. The molecule has 166 valence electrons. The van der Waals surface area contributed by atoms with E-state index >= 15 is 0 Å². The van der Waals surface area contributed by atoms with Crippen LogP contribution in [0.15, 0.2) is 58.4 Å². The van der Waals surface area contributed by atoms with Crippen LogP contribution in [0.1, 0.15) is 37.4 Å². The molecule has 0 aliphatic heterocycles. The van der Waals surface area contributed by atoms with E-state index in [4.69, 9.17) is 4.74 Å². The van der Waals surface area contributed by atoms with E-state index in [1.54, 1.807) is 44.5 Å². The van der Waals surface area contributed by atoms with Crippen LogP contribution in [-0.2, 0) is 9.84 Å². The van der Waals surface area contributed by atoms with E-state index in [0.29, 0.717) is 17.3 Å². The third-order valence-corrected chi connectivity index (χ3v) is 6.62. The lowest BCUT2D eigenvalue weighted by Gasteiger charge is -2.24. The maximum Gasteiger partial charge on any atom is 0.191 e. The van der Waals surface area contributed by atoms with Crippen LogP contribution < -0.4 is 15.4 Å². The molecule has 2 unspecified atom stereocenters. The van der Waals surface area contributed by atoms with Gasteiger partial charge in [-0.3, -0.25) is 4.99 Å². The number of ether oxygens (including phenoxy) is 1. The van der Waals surface area contributed by atoms with Crippen molar-refractivity contribution >= 4 is 39.8 Å². The zero-order valence-corrected chi connectivity index (χ0v) is 21.3. The van der Waals surface area contributed by atoms with Gasteiger partial charge >= 0.3 is 0 Å². The van der Waals surface area contributed by atoms with Crippen molar-refractivity contribution in [3.05, 3.63) is 59.7 Å². The van der Waals surface area contributed by atoms with Gasteiger partial charge in [0.15, 0.2) is 15.8 Å². The lowest BCUT2D eigenvalue weighted by atomic mass is 10.0. The number of hydrogen-bond donors (Lipinski definition) is 2.